The molecule has 0 bridgehead atoms. The van der Waals surface area contributed by atoms with E-state index in [-0.39, 0.29) is 5.71 Å². The highest BCUT2D eigenvalue weighted by Crippen LogP contribution is 2.34. The van der Waals surface area contributed by atoms with Crippen molar-refractivity contribution in [3.63, 3.8) is 0 Å². The maximum Gasteiger partial charge on any atom is 0.438 e. The van der Waals surface area contributed by atoms with Gasteiger partial charge in [0.15, 0.2) is 0 Å². The Balaban J connectivity index is 2.03. The first kappa shape index (κ1) is 14.4. The van der Waals surface area contributed by atoms with Gasteiger partial charge >= 0.3 is 6.18 Å². The van der Waals surface area contributed by atoms with E-state index in [0.717, 1.165) is 5.56 Å². The van der Waals surface area contributed by atoms with E-state index in [2.05, 4.69) is 5.10 Å². The van der Waals surface area contributed by atoms with Crippen molar-refractivity contribution in [3.8, 4) is 5.75 Å². The molecule has 1 unspecified atom stereocenters. The van der Waals surface area contributed by atoms with Crippen molar-refractivity contribution >= 4 is 11.8 Å². The van der Waals surface area contributed by atoms with Crippen LogP contribution in [0.3, 0.4) is 0 Å². The standard InChI is InChI=1S/C13H13F3N2O2/c1-20-11-6-3-9(4-7-11)2-5-10-8-12(19,18-17-10)13(14,15)16/h2-7,18-19H,8H2,1H3/b5-2+. The Labute approximate surface area is 113 Å². The number of nitrogens with one attached hydrogen (secondary N) is 1. The minimum atomic E-state index is -4.77. The molecule has 1 heterocycles. The van der Waals surface area contributed by atoms with E-state index < -0.39 is 18.3 Å². The summed E-state index contributed by atoms with van der Waals surface area (Å²) in [5, 5.41) is 12.9. The van der Waals surface area contributed by atoms with Crippen LogP contribution in [-0.2, 0) is 0 Å². The predicted molar refractivity (Wildman–Crippen MR) is 68.2 cm³/mol. The summed E-state index contributed by atoms with van der Waals surface area (Å²) in [6.45, 7) is 0. The Hall–Kier alpha value is -2.02. The van der Waals surface area contributed by atoms with Crippen LogP contribution in [0, 0.1) is 0 Å². The predicted octanol–water partition coefficient (Wildman–Crippen LogP) is 2.31. The topological polar surface area (TPSA) is 53.8 Å². The summed E-state index contributed by atoms with van der Waals surface area (Å²) in [6, 6.07) is 6.99. The molecule has 2 rings (SSSR count). The smallest absolute Gasteiger partial charge is 0.438 e. The van der Waals surface area contributed by atoms with Crippen molar-refractivity contribution in [2.45, 2.75) is 18.3 Å². The second-order valence-electron chi connectivity index (χ2n) is 4.36. The van der Waals surface area contributed by atoms with Crippen LogP contribution in [0.1, 0.15) is 12.0 Å². The molecule has 2 N–H and O–H groups in total. The van der Waals surface area contributed by atoms with Crippen LogP contribution in [0.5, 0.6) is 5.75 Å². The lowest BCUT2D eigenvalue weighted by atomic mass is 10.1. The second kappa shape index (κ2) is 5.16. The van der Waals surface area contributed by atoms with Gasteiger partial charge in [-0.1, -0.05) is 18.2 Å². The van der Waals surface area contributed by atoms with Crippen molar-refractivity contribution in [1.82, 2.24) is 5.43 Å². The number of hydrogen-bond acceptors (Lipinski definition) is 4. The fourth-order valence-electron chi connectivity index (χ4n) is 1.67. The molecule has 4 nitrogen and oxygen atoms in total. The molecule has 108 valence electrons. The summed E-state index contributed by atoms with van der Waals surface area (Å²) in [4.78, 5) is 0. The molecule has 1 aromatic rings. The van der Waals surface area contributed by atoms with Crippen molar-refractivity contribution in [1.29, 1.82) is 0 Å². The highest BCUT2D eigenvalue weighted by molar-refractivity contribution is 5.99. The second-order valence-corrected chi connectivity index (χ2v) is 4.36. The Morgan fingerprint density at radius 1 is 1.30 bits per heavy atom. The minimum Gasteiger partial charge on any atom is -0.497 e. The van der Waals surface area contributed by atoms with E-state index in [9.17, 15) is 18.3 Å². The van der Waals surface area contributed by atoms with E-state index in [1.165, 1.54) is 6.08 Å². The monoisotopic (exact) mass is 286 g/mol. The van der Waals surface area contributed by atoms with Crippen LogP contribution in [0.2, 0.25) is 0 Å². The third kappa shape index (κ3) is 2.93. The summed E-state index contributed by atoms with van der Waals surface area (Å²) in [7, 11) is 1.54. The average molecular weight is 286 g/mol. The number of benzene rings is 1. The van der Waals surface area contributed by atoms with Crippen LogP contribution in [0.4, 0.5) is 13.2 Å². The number of methoxy groups -OCH3 is 1. The molecule has 20 heavy (non-hydrogen) atoms. The van der Waals surface area contributed by atoms with Crippen LogP contribution in [0.25, 0.3) is 6.08 Å². The molecule has 0 spiro atoms. The van der Waals surface area contributed by atoms with Crippen LogP contribution in [0.15, 0.2) is 35.4 Å². The zero-order chi connectivity index (χ0) is 14.8. The summed E-state index contributed by atoms with van der Waals surface area (Å²) >= 11 is 0. The van der Waals surface area contributed by atoms with Crippen LogP contribution in [-0.4, -0.2) is 29.8 Å². The molecular formula is C13H13F3N2O2. The summed E-state index contributed by atoms with van der Waals surface area (Å²) in [5.41, 5.74) is -0.341. The average Bonchev–Trinajstić information content (AvgIpc) is 2.80. The van der Waals surface area contributed by atoms with Gasteiger partial charge in [0.25, 0.3) is 5.72 Å². The molecule has 0 aliphatic carbocycles. The number of hydrogen-bond donors (Lipinski definition) is 2. The van der Waals surface area contributed by atoms with Crippen molar-refractivity contribution in [2.75, 3.05) is 7.11 Å². The number of alkyl halides is 3. The van der Waals surface area contributed by atoms with E-state index in [4.69, 9.17) is 4.74 Å². The van der Waals surface area contributed by atoms with E-state index in [1.807, 2.05) is 0 Å². The van der Waals surface area contributed by atoms with Crippen LogP contribution < -0.4 is 10.2 Å². The van der Waals surface area contributed by atoms with Crippen LogP contribution >= 0.6 is 0 Å². The lowest BCUT2D eigenvalue weighted by molar-refractivity contribution is -0.266. The number of nitrogens with zero attached hydrogens (tertiary/aromatic N) is 1. The Bertz CT molecular complexity index is 538. The SMILES string of the molecule is COc1ccc(/C=C/C2=NNC(O)(C(F)(F)F)C2)cc1. The van der Waals surface area contributed by atoms with Gasteiger partial charge in [-0.25, -0.2) is 0 Å². The molecule has 1 aliphatic rings. The van der Waals surface area contributed by atoms with Gasteiger partial charge in [0, 0.05) is 0 Å². The Kier molecular flexibility index (Phi) is 3.71. The summed E-state index contributed by atoms with van der Waals surface area (Å²) in [6.07, 6.45) is -2.35. The quantitative estimate of drug-likeness (QED) is 0.896. The molecule has 1 atom stereocenters. The molecule has 0 fully saturated rings. The molecule has 1 aromatic carbocycles. The summed E-state index contributed by atoms with van der Waals surface area (Å²) < 4.78 is 42.6. The fraction of sp³-hybridized carbons (Fsp3) is 0.308. The van der Waals surface area contributed by atoms with E-state index in [1.54, 1.807) is 42.9 Å². The molecule has 0 amide bonds. The molecule has 7 heteroatoms. The first-order valence-electron chi connectivity index (χ1n) is 5.79. The maximum atomic E-state index is 12.5. The van der Waals surface area contributed by atoms with Gasteiger partial charge in [-0.3, -0.25) is 5.43 Å². The number of aliphatic hydroxyl groups is 1. The molecule has 1 aliphatic heterocycles. The van der Waals surface area contributed by atoms with Gasteiger partial charge < -0.3 is 9.84 Å². The number of halogens is 3. The van der Waals surface area contributed by atoms with Gasteiger partial charge in [0.05, 0.1) is 19.2 Å². The normalized spacial score (nSPS) is 22.8. The van der Waals surface area contributed by atoms with Gasteiger partial charge in [0.1, 0.15) is 5.75 Å². The van der Waals surface area contributed by atoms with E-state index >= 15 is 0 Å². The highest BCUT2D eigenvalue weighted by atomic mass is 19.4. The Morgan fingerprint density at radius 2 is 1.95 bits per heavy atom. The number of hydrazone groups is 1. The molecule has 0 radical (unpaired) electrons. The fourth-order valence-corrected chi connectivity index (χ4v) is 1.67. The molecule has 0 saturated carbocycles. The number of rotatable bonds is 3. The number of allylic oxidation sites excluding steroid dienone is 1. The zero-order valence-corrected chi connectivity index (χ0v) is 10.6. The zero-order valence-electron chi connectivity index (χ0n) is 10.6. The first-order valence-corrected chi connectivity index (χ1v) is 5.79. The highest BCUT2D eigenvalue weighted by Gasteiger charge is 2.56. The molecule has 0 saturated heterocycles. The lowest BCUT2D eigenvalue weighted by Gasteiger charge is -2.24. The Morgan fingerprint density at radius 3 is 2.45 bits per heavy atom. The van der Waals surface area contributed by atoms with Gasteiger partial charge in [-0.05, 0) is 23.8 Å². The summed E-state index contributed by atoms with van der Waals surface area (Å²) in [5.74, 6) is 0.688. The third-order valence-electron chi connectivity index (χ3n) is 2.87. The third-order valence-corrected chi connectivity index (χ3v) is 2.87. The van der Waals surface area contributed by atoms with Gasteiger partial charge in [0.2, 0.25) is 0 Å². The lowest BCUT2D eigenvalue weighted by Crippen LogP contribution is -2.52. The van der Waals surface area contributed by atoms with Gasteiger partial charge in [-0.2, -0.15) is 18.3 Å². The minimum absolute atomic E-state index is 0.126. The van der Waals surface area contributed by atoms with Gasteiger partial charge in [-0.15, -0.1) is 0 Å². The maximum absolute atomic E-state index is 12.5. The molecule has 0 aromatic heterocycles. The van der Waals surface area contributed by atoms with E-state index in [0.29, 0.717) is 5.75 Å². The molecular weight excluding hydrogens is 273 g/mol. The first-order chi connectivity index (χ1) is 9.34. The largest absolute Gasteiger partial charge is 0.497 e. The van der Waals surface area contributed by atoms with Crippen molar-refractivity contribution in [3.05, 3.63) is 35.9 Å². The van der Waals surface area contributed by atoms with Crippen molar-refractivity contribution in [2.24, 2.45) is 5.10 Å². The van der Waals surface area contributed by atoms with Crippen molar-refractivity contribution < 1.29 is 23.0 Å². The number of ether oxygens (including phenoxy) is 1.